The third kappa shape index (κ3) is 14.0. The van der Waals surface area contributed by atoms with Gasteiger partial charge in [-0.3, -0.25) is 0 Å². The van der Waals surface area contributed by atoms with Gasteiger partial charge in [0, 0.05) is 6.61 Å². The van der Waals surface area contributed by atoms with Crippen LogP contribution in [-0.4, -0.2) is 6.61 Å². The smallest absolute Gasteiger partial charge is 0.0836 e. The van der Waals surface area contributed by atoms with Crippen molar-refractivity contribution in [1.82, 2.24) is 0 Å². The molecule has 0 aromatic heterocycles. The number of hydrogen-bond acceptors (Lipinski definition) is 1. The van der Waals surface area contributed by atoms with Crippen LogP contribution in [0.25, 0.3) is 0 Å². The molecule has 0 heterocycles. The summed E-state index contributed by atoms with van der Waals surface area (Å²) in [4.78, 5) is 0. The van der Waals surface area contributed by atoms with Crippen LogP contribution >= 0.6 is 0 Å². The lowest BCUT2D eigenvalue weighted by atomic mass is 10.1. The number of ether oxygens (including phenoxy) is 1. The molecular weight excluding hydrogens is 196 g/mol. The van der Waals surface area contributed by atoms with Gasteiger partial charge in [0.15, 0.2) is 0 Å². The summed E-state index contributed by atoms with van der Waals surface area (Å²) in [7, 11) is 0. The second-order valence-electron chi connectivity index (χ2n) is 4.65. The van der Waals surface area contributed by atoms with Crippen LogP contribution in [0.5, 0.6) is 0 Å². The van der Waals surface area contributed by atoms with Crippen LogP contribution in [0.1, 0.15) is 84.5 Å². The van der Waals surface area contributed by atoms with E-state index in [2.05, 4.69) is 13.8 Å². The van der Waals surface area contributed by atoms with Crippen molar-refractivity contribution in [3.63, 3.8) is 0 Å². The summed E-state index contributed by atoms with van der Waals surface area (Å²) in [6.07, 6.45) is 14.9. The van der Waals surface area contributed by atoms with Crippen molar-refractivity contribution in [1.29, 1.82) is 0 Å². The molecule has 0 aromatic rings. The normalized spacial score (nSPS) is 10.9. The molecule has 0 aliphatic rings. The summed E-state index contributed by atoms with van der Waals surface area (Å²) in [5.74, 6) is 0. The van der Waals surface area contributed by atoms with E-state index < -0.39 is 0 Å². The van der Waals surface area contributed by atoms with Gasteiger partial charge in [-0.1, -0.05) is 71.6 Å². The fourth-order valence-corrected chi connectivity index (χ4v) is 1.82. The highest BCUT2D eigenvalue weighted by atomic mass is 16.5. The molecular formula is C15H31O. The lowest BCUT2D eigenvalue weighted by molar-refractivity contribution is 0.190. The van der Waals surface area contributed by atoms with Gasteiger partial charge in [0.05, 0.1) is 6.61 Å². The zero-order chi connectivity index (χ0) is 11.9. The standard InChI is InChI=1S/C15H31O/c1-3-5-6-7-8-9-10-11-12-13-15-16-14-4-2/h15H,3-14H2,1-2H3. The van der Waals surface area contributed by atoms with Gasteiger partial charge in [0.25, 0.3) is 0 Å². The van der Waals surface area contributed by atoms with Gasteiger partial charge in [-0.05, 0) is 12.8 Å². The number of unbranched alkanes of at least 4 members (excludes halogenated alkanes) is 9. The molecule has 0 atom stereocenters. The lowest BCUT2D eigenvalue weighted by Gasteiger charge is -2.02. The molecule has 0 rings (SSSR count). The maximum absolute atomic E-state index is 5.33. The molecule has 0 fully saturated rings. The Hall–Kier alpha value is -0.0400. The van der Waals surface area contributed by atoms with Crippen molar-refractivity contribution in [3.05, 3.63) is 6.61 Å². The Labute approximate surface area is 103 Å². The SMILES string of the molecule is CCCCCCCCCCC[CH]OCCC. The largest absolute Gasteiger partial charge is 0.376 e. The van der Waals surface area contributed by atoms with E-state index >= 15 is 0 Å². The van der Waals surface area contributed by atoms with E-state index in [1.807, 2.05) is 6.61 Å². The van der Waals surface area contributed by atoms with Gasteiger partial charge in [0.2, 0.25) is 0 Å². The van der Waals surface area contributed by atoms with Crippen LogP contribution in [0, 0.1) is 6.61 Å². The van der Waals surface area contributed by atoms with Crippen molar-refractivity contribution < 1.29 is 4.74 Å². The van der Waals surface area contributed by atoms with Gasteiger partial charge in [-0.15, -0.1) is 0 Å². The third-order valence-electron chi connectivity index (χ3n) is 2.87. The molecule has 0 saturated heterocycles. The Morgan fingerprint density at radius 1 is 0.688 bits per heavy atom. The summed E-state index contributed by atoms with van der Waals surface area (Å²) in [6.45, 7) is 7.30. The molecule has 1 radical (unpaired) electrons. The maximum Gasteiger partial charge on any atom is 0.0836 e. The van der Waals surface area contributed by atoms with E-state index in [0.717, 1.165) is 19.4 Å². The van der Waals surface area contributed by atoms with Crippen molar-refractivity contribution in [3.8, 4) is 0 Å². The Morgan fingerprint density at radius 3 is 1.81 bits per heavy atom. The predicted molar refractivity (Wildman–Crippen MR) is 72.4 cm³/mol. The van der Waals surface area contributed by atoms with Crippen LogP contribution in [-0.2, 0) is 4.74 Å². The van der Waals surface area contributed by atoms with E-state index in [9.17, 15) is 0 Å². The summed E-state index contributed by atoms with van der Waals surface area (Å²) < 4.78 is 5.33. The van der Waals surface area contributed by atoms with E-state index in [4.69, 9.17) is 4.74 Å². The van der Waals surface area contributed by atoms with Gasteiger partial charge in [-0.2, -0.15) is 0 Å². The average Bonchev–Trinajstić information content (AvgIpc) is 2.31. The van der Waals surface area contributed by atoms with E-state index in [1.165, 1.54) is 57.8 Å². The Balaban J connectivity index is 2.83. The molecule has 0 aliphatic carbocycles. The fourth-order valence-electron chi connectivity index (χ4n) is 1.82. The van der Waals surface area contributed by atoms with E-state index in [0.29, 0.717) is 0 Å². The van der Waals surface area contributed by atoms with Crippen molar-refractivity contribution in [2.75, 3.05) is 6.61 Å². The summed E-state index contributed by atoms with van der Waals surface area (Å²) >= 11 is 0. The molecule has 1 heteroatoms. The van der Waals surface area contributed by atoms with Crippen molar-refractivity contribution in [2.45, 2.75) is 84.5 Å². The fraction of sp³-hybridized carbons (Fsp3) is 0.933. The van der Waals surface area contributed by atoms with E-state index in [1.54, 1.807) is 0 Å². The van der Waals surface area contributed by atoms with Crippen LogP contribution in [0.2, 0.25) is 0 Å². The molecule has 0 saturated carbocycles. The highest BCUT2D eigenvalue weighted by molar-refractivity contribution is 4.52. The molecule has 0 spiro atoms. The molecule has 0 aliphatic heterocycles. The zero-order valence-corrected chi connectivity index (χ0v) is 11.5. The second kappa shape index (κ2) is 15.0. The number of rotatable bonds is 13. The summed E-state index contributed by atoms with van der Waals surface area (Å²) in [5.41, 5.74) is 0. The minimum absolute atomic E-state index is 0.886. The first kappa shape index (κ1) is 16.0. The third-order valence-corrected chi connectivity index (χ3v) is 2.87. The molecule has 1 nitrogen and oxygen atoms in total. The Morgan fingerprint density at radius 2 is 1.25 bits per heavy atom. The molecule has 0 N–H and O–H groups in total. The first-order chi connectivity index (χ1) is 7.91. The van der Waals surface area contributed by atoms with Crippen LogP contribution < -0.4 is 0 Å². The minimum Gasteiger partial charge on any atom is -0.376 e. The molecule has 97 valence electrons. The lowest BCUT2D eigenvalue weighted by Crippen LogP contribution is -1.89. The molecule has 16 heavy (non-hydrogen) atoms. The van der Waals surface area contributed by atoms with Crippen LogP contribution in [0.4, 0.5) is 0 Å². The van der Waals surface area contributed by atoms with Crippen LogP contribution in [0.3, 0.4) is 0 Å². The van der Waals surface area contributed by atoms with Gasteiger partial charge in [0.1, 0.15) is 0 Å². The second-order valence-corrected chi connectivity index (χ2v) is 4.65. The summed E-state index contributed by atoms with van der Waals surface area (Å²) in [5, 5.41) is 0. The highest BCUT2D eigenvalue weighted by Crippen LogP contribution is 2.11. The van der Waals surface area contributed by atoms with Crippen molar-refractivity contribution in [2.24, 2.45) is 0 Å². The first-order valence-electron chi connectivity index (χ1n) is 7.35. The predicted octanol–water partition coefficient (Wildman–Crippen LogP) is 5.50. The molecule has 0 bridgehead atoms. The topological polar surface area (TPSA) is 9.23 Å². The molecule has 0 unspecified atom stereocenters. The quantitative estimate of drug-likeness (QED) is 0.378. The van der Waals surface area contributed by atoms with Gasteiger partial charge >= 0.3 is 0 Å². The van der Waals surface area contributed by atoms with Gasteiger partial charge < -0.3 is 4.74 Å². The summed E-state index contributed by atoms with van der Waals surface area (Å²) in [6, 6.07) is 0. The zero-order valence-electron chi connectivity index (χ0n) is 11.5. The number of hydrogen-bond donors (Lipinski definition) is 0. The first-order valence-corrected chi connectivity index (χ1v) is 7.35. The molecule has 0 amide bonds. The maximum atomic E-state index is 5.33. The van der Waals surface area contributed by atoms with E-state index in [-0.39, 0.29) is 0 Å². The average molecular weight is 227 g/mol. The monoisotopic (exact) mass is 227 g/mol. The van der Waals surface area contributed by atoms with Crippen molar-refractivity contribution >= 4 is 0 Å². The Bertz CT molecular complexity index is 98.0. The highest BCUT2D eigenvalue weighted by Gasteiger charge is 1.93. The van der Waals surface area contributed by atoms with Gasteiger partial charge in [-0.25, -0.2) is 0 Å². The minimum atomic E-state index is 0.886. The Kier molecular flexibility index (Phi) is 14.9. The molecule has 0 aromatic carbocycles. The van der Waals surface area contributed by atoms with Crippen LogP contribution in [0.15, 0.2) is 0 Å².